The summed E-state index contributed by atoms with van der Waals surface area (Å²) in [5.41, 5.74) is 0. The Morgan fingerprint density at radius 2 is 0.352 bits per heavy atom. The van der Waals surface area contributed by atoms with Gasteiger partial charge in [0.2, 0.25) is 0 Å². The van der Waals surface area contributed by atoms with Gasteiger partial charge in [-0.25, -0.2) is 4.79 Å². The van der Waals surface area contributed by atoms with Gasteiger partial charge in [0.15, 0.2) is 0 Å². The minimum absolute atomic E-state index is 0.917. The van der Waals surface area contributed by atoms with E-state index in [4.69, 9.17) is 0 Å². The minimum Gasteiger partial charge on any atom is -0.384 e. The summed E-state index contributed by atoms with van der Waals surface area (Å²) in [6.07, 6.45) is -41.0. The van der Waals surface area contributed by atoms with Gasteiger partial charge in [-0.15, -0.1) is 0 Å². The smallest absolute Gasteiger partial charge is 0.384 e. The highest BCUT2D eigenvalue weighted by Gasteiger charge is 2.99. The summed E-state index contributed by atoms with van der Waals surface area (Å²) < 4.78 is 453. The zero-order valence-corrected chi connectivity index (χ0v) is 22.6. The first-order valence-electron chi connectivity index (χ1n) is 10.9. The van der Waals surface area contributed by atoms with Crippen molar-refractivity contribution >= 4 is 6.16 Å². The van der Waals surface area contributed by atoms with E-state index in [9.17, 15) is 154 Å². The topological polar surface area (TPSA) is 35.5 Å². The molecule has 0 saturated heterocycles. The minimum atomic E-state index is -9.97. The maximum atomic E-state index is 14.8. The molecule has 324 valence electrons. The van der Waals surface area contributed by atoms with Gasteiger partial charge < -0.3 is 9.47 Å². The first kappa shape index (κ1) is 50.9. The second-order valence-electron chi connectivity index (χ2n) is 9.38. The molecule has 0 aliphatic heterocycles. The van der Waals surface area contributed by atoms with Gasteiger partial charge in [0, 0.05) is 0 Å². The third kappa shape index (κ3) is 6.35. The van der Waals surface area contributed by atoms with Gasteiger partial charge in [-0.3, -0.25) is 0 Å². The molecule has 0 rings (SSSR count). The van der Waals surface area contributed by atoms with Crippen LogP contribution in [0, 0.1) is 0 Å². The fourth-order valence-corrected chi connectivity index (χ4v) is 2.82. The highest BCUT2D eigenvalue weighted by atomic mass is 19.5. The van der Waals surface area contributed by atoms with Crippen molar-refractivity contribution in [3.63, 3.8) is 0 Å². The molecule has 0 aromatic heterocycles. The fourth-order valence-electron chi connectivity index (χ4n) is 2.82. The highest BCUT2D eigenvalue weighted by molar-refractivity contribution is 5.62. The molecule has 0 aromatic carbocycles. The molecular formula is C17F34O3. The molecule has 0 aliphatic carbocycles. The number of ether oxygens (including phenoxy) is 2. The normalized spacial score (nSPS) is 18.6. The number of hydrogen-bond donors (Lipinski definition) is 0. The van der Waals surface area contributed by atoms with Crippen LogP contribution in [0.25, 0.3) is 0 Å². The second-order valence-corrected chi connectivity index (χ2v) is 9.38. The SMILES string of the molecule is O=C(OC(F)(C(F)(F)C(F)(F)C(F)(F)F)C(F)(F)C(F)(F)C(F)(F)C(F)(F)F)OC(F)(C(F)(F)C(F)(F)C(F)(F)F)C(F)(F)C(F)(F)C(F)(F)C(F)(F)F. The molecule has 0 spiro atoms. The molecule has 0 fully saturated rings. The van der Waals surface area contributed by atoms with Crippen molar-refractivity contribution < 1.29 is 164 Å². The van der Waals surface area contributed by atoms with Gasteiger partial charge in [0.25, 0.3) is 0 Å². The van der Waals surface area contributed by atoms with E-state index >= 15 is 0 Å². The van der Waals surface area contributed by atoms with Gasteiger partial charge in [-0.1, -0.05) is 0 Å². The molecule has 0 radical (unpaired) electrons. The van der Waals surface area contributed by atoms with Crippen LogP contribution in [0.15, 0.2) is 0 Å². The van der Waals surface area contributed by atoms with Crippen molar-refractivity contribution in [2.45, 2.75) is 95.6 Å². The van der Waals surface area contributed by atoms with Crippen molar-refractivity contribution in [1.29, 1.82) is 0 Å². The third-order valence-electron chi connectivity index (χ3n) is 5.85. The maximum absolute atomic E-state index is 14.8. The van der Waals surface area contributed by atoms with E-state index in [1.807, 2.05) is 0 Å². The van der Waals surface area contributed by atoms with Crippen LogP contribution in [-0.2, 0) is 9.47 Å². The molecule has 0 saturated carbocycles. The first-order valence-corrected chi connectivity index (χ1v) is 10.9. The van der Waals surface area contributed by atoms with E-state index in [1.54, 1.807) is 0 Å². The quantitative estimate of drug-likeness (QED) is 0.145. The Bertz CT molecular complexity index is 1270. The first-order chi connectivity index (χ1) is 22.6. The summed E-state index contributed by atoms with van der Waals surface area (Å²) in [6.45, 7) is 0. The zero-order valence-electron chi connectivity index (χ0n) is 22.6. The van der Waals surface area contributed by atoms with E-state index < -0.39 is 102 Å². The second kappa shape index (κ2) is 12.4. The molecule has 3 nitrogen and oxygen atoms in total. The number of halogens is 34. The van der Waals surface area contributed by atoms with Crippen molar-refractivity contribution in [3.05, 3.63) is 0 Å². The van der Waals surface area contributed by atoms with Crippen LogP contribution in [0.2, 0.25) is 0 Å². The lowest BCUT2D eigenvalue weighted by Gasteiger charge is -2.46. The van der Waals surface area contributed by atoms with Crippen LogP contribution in [0.1, 0.15) is 0 Å². The average molecular weight is 898 g/mol. The maximum Gasteiger partial charge on any atom is 0.514 e. The van der Waals surface area contributed by atoms with Crippen molar-refractivity contribution in [3.8, 4) is 0 Å². The van der Waals surface area contributed by atoms with Crippen molar-refractivity contribution in [2.75, 3.05) is 0 Å². The van der Waals surface area contributed by atoms with Crippen molar-refractivity contribution in [2.24, 2.45) is 0 Å². The van der Waals surface area contributed by atoms with Crippen LogP contribution in [0.5, 0.6) is 0 Å². The third-order valence-corrected chi connectivity index (χ3v) is 5.85. The van der Waals surface area contributed by atoms with Gasteiger partial charge in [-0.2, -0.15) is 149 Å². The highest BCUT2D eigenvalue weighted by Crippen LogP contribution is 2.66. The largest absolute Gasteiger partial charge is 0.514 e. The van der Waals surface area contributed by atoms with Crippen LogP contribution in [0.4, 0.5) is 154 Å². The van der Waals surface area contributed by atoms with Crippen LogP contribution in [-0.4, -0.2) is 102 Å². The zero-order chi connectivity index (χ0) is 45.0. The lowest BCUT2D eigenvalue weighted by molar-refractivity contribution is -0.492. The molecule has 0 aromatic rings. The Kier molecular flexibility index (Phi) is 11.7. The van der Waals surface area contributed by atoms with Crippen LogP contribution in [0.3, 0.4) is 0 Å². The summed E-state index contributed by atoms with van der Waals surface area (Å²) in [4.78, 5) is 11.3. The molecule has 0 amide bonds. The van der Waals surface area contributed by atoms with Gasteiger partial charge in [-0.05, 0) is 0 Å². The van der Waals surface area contributed by atoms with Gasteiger partial charge >= 0.3 is 102 Å². The molecule has 54 heavy (non-hydrogen) atoms. The van der Waals surface area contributed by atoms with Gasteiger partial charge in [0.05, 0.1) is 0 Å². The van der Waals surface area contributed by atoms with Crippen LogP contribution < -0.4 is 0 Å². The molecule has 2 unspecified atom stereocenters. The molecule has 0 aliphatic rings. The van der Waals surface area contributed by atoms with E-state index in [0.29, 0.717) is 0 Å². The fraction of sp³-hybridized carbons (Fsp3) is 0.941. The Morgan fingerprint density at radius 1 is 0.222 bits per heavy atom. The standard InChI is InChI=1S/C17F34O3/c18-2(19,8(30,31)14(40,41)42)4(22,23)12(38,6(26,27)10(34,35)16(46,47)48)53-1(52)54-13(39,7(28,29)11(36,37)17(49,50)51)5(24,25)3(20,21)9(32,33)15(43,44)45. The number of carbonyl (C=O) groups is 1. The summed E-state index contributed by atoms with van der Waals surface area (Å²) >= 11 is 0. The predicted octanol–water partition coefficient (Wildman–Crippen LogP) is 11.1. The Labute approximate surface area is 267 Å². The number of carbonyl (C=O) groups excluding carboxylic acids is 1. The van der Waals surface area contributed by atoms with E-state index in [-0.39, 0.29) is 0 Å². The number of hydrogen-bond acceptors (Lipinski definition) is 3. The lowest BCUT2D eigenvalue weighted by atomic mass is 9.89. The molecule has 0 bridgehead atoms. The molecule has 37 heteroatoms. The summed E-state index contributed by atoms with van der Waals surface area (Å²) in [5.74, 6) is -116. The molecule has 2 atom stereocenters. The monoisotopic (exact) mass is 898 g/mol. The van der Waals surface area contributed by atoms with Gasteiger partial charge in [0.1, 0.15) is 0 Å². The number of alkyl halides is 34. The van der Waals surface area contributed by atoms with Crippen LogP contribution >= 0.6 is 0 Å². The molecular weight excluding hydrogens is 898 g/mol. The van der Waals surface area contributed by atoms with E-state index in [1.165, 1.54) is 0 Å². The molecule has 0 N–H and O–H groups in total. The Morgan fingerprint density at radius 3 is 0.500 bits per heavy atom. The molecule has 0 heterocycles. The Balaban J connectivity index is 8.54. The summed E-state index contributed by atoms with van der Waals surface area (Å²) in [6, 6.07) is 0. The summed E-state index contributed by atoms with van der Waals surface area (Å²) in [7, 11) is 0. The predicted molar refractivity (Wildman–Crippen MR) is 88.9 cm³/mol. The van der Waals surface area contributed by atoms with E-state index in [2.05, 4.69) is 0 Å². The lowest BCUT2D eigenvalue weighted by Crippen LogP contribution is -2.78. The number of rotatable bonds is 12. The Hall–Kier alpha value is -3.11. The summed E-state index contributed by atoms with van der Waals surface area (Å²) in [5, 5.41) is 0. The van der Waals surface area contributed by atoms with Crippen molar-refractivity contribution in [1.82, 2.24) is 0 Å². The van der Waals surface area contributed by atoms with E-state index in [0.717, 1.165) is 9.47 Å². The average Bonchev–Trinajstić information content (AvgIpc) is 2.89.